The number of carbonyl (C=O) groups is 3. The third-order valence-electron chi connectivity index (χ3n) is 5.26. The van der Waals surface area contributed by atoms with Crippen LogP contribution < -0.4 is 0 Å². The summed E-state index contributed by atoms with van der Waals surface area (Å²) < 4.78 is 64.2. The van der Waals surface area contributed by atoms with Gasteiger partial charge in [0.05, 0.1) is 30.8 Å². The molecule has 0 N–H and O–H groups in total. The Morgan fingerprint density at radius 3 is 1.85 bits per heavy atom. The maximum absolute atomic E-state index is 13.2. The van der Waals surface area contributed by atoms with Gasteiger partial charge in [-0.1, -0.05) is 0 Å². The lowest BCUT2D eigenvalue weighted by molar-refractivity contribution is 0.0581. The fourth-order valence-corrected chi connectivity index (χ4v) is 3.55. The zero-order valence-electron chi connectivity index (χ0n) is 18.4. The van der Waals surface area contributed by atoms with Gasteiger partial charge in [-0.15, -0.1) is 0 Å². The summed E-state index contributed by atoms with van der Waals surface area (Å²) >= 11 is 0. The molecule has 0 atom stereocenters. The van der Waals surface area contributed by atoms with Gasteiger partial charge in [0.15, 0.2) is 29.6 Å². The molecule has 178 valence electrons. The van der Waals surface area contributed by atoms with Gasteiger partial charge in [-0.25, -0.2) is 27.2 Å². The Kier molecular flexibility index (Phi) is 6.75. The van der Waals surface area contributed by atoms with Crippen molar-refractivity contribution in [2.75, 3.05) is 14.2 Å². The molecule has 0 saturated heterocycles. The third kappa shape index (κ3) is 4.12. The summed E-state index contributed by atoms with van der Waals surface area (Å²) in [6.07, 6.45) is 0.423. The normalized spacial score (nSPS) is 10.7. The number of hydrogen-bond donors (Lipinski definition) is 0. The average Bonchev–Trinajstić information content (AvgIpc) is 3.27. The number of nitrogens with zero attached hydrogens (tertiary/aromatic N) is 2. The molecule has 11 heteroatoms. The van der Waals surface area contributed by atoms with Crippen molar-refractivity contribution in [2.45, 2.75) is 0 Å². The summed E-state index contributed by atoms with van der Waals surface area (Å²) in [5.74, 6) is -5.28. The first-order chi connectivity index (χ1) is 16.0. The van der Waals surface area contributed by atoms with Crippen LogP contribution in [0.15, 0.2) is 30.3 Å². The predicted molar refractivity (Wildman–Crippen MR) is 114 cm³/mol. The molecule has 34 heavy (non-hydrogen) atoms. The lowest BCUT2D eigenvalue weighted by atomic mass is 10.1. The minimum Gasteiger partial charge on any atom is -0.464 e. The quantitative estimate of drug-likeness (QED) is 0.249. The minimum absolute atomic E-state index is 0.0155. The summed E-state index contributed by atoms with van der Waals surface area (Å²) in [5.41, 5.74) is 0.893. The number of esters is 2. The first kappa shape index (κ1) is 24.5. The van der Waals surface area contributed by atoms with Crippen molar-refractivity contribution < 1.29 is 41.4 Å². The van der Waals surface area contributed by atoms with Crippen LogP contribution in [0.1, 0.15) is 31.3 Å². The number of benzene rings is 2. The molecule has 2 aromatic heterocycles. The van der Waals surface area contributed by atoms with Crippen LogP contribution in [0.3, 0.4) is 0 Å². The molecule has 0 amide bonds. The highest BCUT2D eigenvalue weighted by atomic mass is 19.2. The highest BCUT2D eigenvalue weighted by Gasteiger charge is 2.23. The fourth-order valence-electron chi connectivity index (χ4n) is 3.55. The molecule has 0 radical (unpaired) electrons. The smallest absolute Gasteiger partial charge is 0.355 e. The molecule has 0 spiro atoms. The van der Waals surface area contributed by atoms with Gasteiger partial charge in [-0.3, -0.25) is 4.79 Å². The van der Waals surface area contributed by atoms with Gasteiger partial charge in [0.25, 0.3) is 0 Å². The Bertz CT molecular complexity index is 1460. The minimum atomic E-state index is -1.08. The van der Waals surface area contributed by atoms with Gasteiger partial charge in [0, 0.05) is 37.0 Å². The fraction of sp³-hybridized carbons (Fsp3) is 0.174. The van der Waals surface area contributed by atoms with E-state index in [1.165, 1.54) is 29.4 Å². The van der Waals surface area contributed by atoms with Crippen molar-refractivity contribution in [3.05, 3.63) is 70.6 Å². The van der Waals surface area contributed by atoms with Gasteiger partial charge >= 0.3 is 11.9 Å². The molecule has 0 bridgehead atoms. The zero-order valence-corrected chi connectivity index (χ0v) is 18.4. The number of rotatable bonds is 3. The number of aromatic nitrogens is 2. The molecule has 2 heterocycles. The Balaban J connectivity index is 0.000000192. The van der Waals surface area contributed by atoms with E-state index >= 15 is 0 Å². The SMILES string of the molecule is COC(=O)c1c(C=O)c2cc(F)c(F)cc2n1C.COC(=O)c1cc2cc(F)c(F)cc2n1C. The van der Waals surface area contributed by atoms with Crippen LogP contribution in [-0.4, -0.2) is 41.6 Å². The van der Waals surface area contributed by atoms with Crippen LogP contribution in [0.4, 0.5) is 17.6 Å². The molecule has 0 aliphatic rings. The van der Waals surface area contributed by atoms with E-state index in [1.807, 2.05) is 0 Å². The number of halogens is 4. The predicted octanol–water partition coefficient (Wildman–Crippen LogP) is 4.30. The van der Waals surface area contributed by atoms with Crippen LogP contribution in [-0.2, 0) is 23.6 Å². The number of aldehydes is 1. The van der Waals surface area contributed by atoms with Gasteiger partial charge in [0.2, 0.25) is 0 Å². The average molecular weight is 478 g/mol. The second-order valence-electron chi connectivity index (χ2n) is 7.12. The summed E-state index contributed by atoms with van der Waals surface area (Å²) in [4.78, 5) is 33.9. The molecule has 4 aromatic rings. The van der Waals surface area contributed by atoms with E-state index in [4.69, 9.17) is 0 Å². The van der Waals surface area contributed by atoms with E-state index in [0.717, 1.165) is 31.4 Å². The van der Waals surface area contributed by atoms with E-state index in [0.29, 0.717) is 17.2 Å². The van der Waals surface area contributed by atoms with Gasteiger partial charge in [0.1, 0.15) is 11.4 Å². The summed E-state index contributed by atoms with van der Waals surface area (Å²) in [7, 11) is 5.47. The van der Waals surface area contributed by atoms with E-state index in [2.05, 4.69) is 9.47 Å². The second kappa shape index (κ2) is 9.38. The molecule has 4 rings (SSSR count). The van der Waals surface area contributed by atoms with Crippen molar-refractivity contribution >= 4 is 40.0 Å². The number of hydrogen-bond acceptors (Lipinski definition) is 5. The van der Waals surface area contributed by atoms with Crippen molar-refractivity contribution in [1.29, 1.82) is 0 Å². The Morgan fingerprint density at radius 1 is 0.765 bits per heavy atom. The lowest BCUT2D eigenvalue weighted by Gasteiger charge is -2.02. The monoisotopic (exact) mass is 478 g/mol. The van der Waals surface area contributed by atoms with Crippen molar-refractivity contribution in [3.8, 4) is 0 Å². The van der Waals surface area contributed by atoms with Gasteiger partial charge in [-0.05, 0) is 18.2 Å². The summed E-state index contributed by atoms with van der Waals surface area (Å²) in [5, 5.41) is 0.633. The van der Waals surface area contributed by atoms with Crippen LogP contribution in [0, 0.1) is 23.3 Å². The van der Waals surface area contributed by atoms with Crippen LogP contribution in [0.25, 0.3) is 21.8 Å². The van der Waals surface area contributed by atoms with Crippen LogP contribution >= 0.6 is 0 Å². The maximum Gasteiger partial charge on any atom is 0.355 e. The molecule has 7 nitrogen and oxygen atoms in total. The molecule has 0 aliphatic carbocycles. The van der Waals surface area contributed by atoms with E-state index in [9.17, 15) is 31.9 Å². The van der Waals surface area contributed by atoms with Gasteiger partial charge < -0.3 is 18.6 Å². The molecular formula is C23H18F4N2O5. The number of carbonyl (C=O) groups excluding carboxylic acids is 3. The second-order valence-corrected chi connectivity index (χ2v) is 7.12. The third-order valence-corrected chi connectivity index (χ3v) is 5.26. The van der Waals surface area contributed by atoms with Crippen molar-refractivity contribution in [1.82, 2.24) is 9.13 Å². The largest absolute Gasteiger partial charge is 0.464 e. The number of ether oxygens (including phenoxy) is 2. The lowest BCUT2D eigenvalue weighted by Crippen LogP contribution is -2.09. The summed E-state index contributed by atoms with van der Waals surface area (Å²) in [6.45, 7) is 0. The zero-order chi connectivity index (χ0) is 25.3. The van der Waals surface area contributed by atoms with E-state index < -0.39 is 35.2 Å². The Morgan fingerprint density at radius 2 is 1.29 bits per heavy atom. The van der Waals surface area contributed by atoms with E-state index in [-0.39, 0.29) is 27.9 Å². The van der Waals surface area contributed by atoms with E-state index in [1.54, 1.807) is 7.05 Å². The topological polar surface area (TPSA) is 79.5 Å². The number of aryl methyl sites for hydroxylation is 2. The first-order valence-corrected chi connectivity index (χ1v) is 9.59. The molecule has 0 saturated carbocycles. The molecule has 0 fully saturated rings. The number of fused-ring (bicyclic) bond motifs is 2. The van der Waals surface area contributed by atoms with Crippen LogP contribution in [0.5, 0.6) is 0 Å². The Labute approximate surface area is 190 Å². The molecular weight excluding hydrogens is 460 g/mol. The number of methoxy groups -OCH3 is 2. The molecule has 2 aromatic carbocycles. The standard InChI is InChI=1S/C12H9F2NO3.C11H9F2NO2/c1-15-10-4-9(14)8(13)3-6(10)7(5-16)11(15)12(17)18-2;1-14-9-5-8(13)7(12)3-6(9)4-10(14)11(15)16-2/h3-5H,1-2H3;3-5H,1-2H3. The highest BCUT2D eigenvalue weighted by Crippen LogP contribution is 2.27. The Hall–Kier alpha value is -4.15. The molecule has 0 aliphatic heterocycles. The van der Waals surface area contributed by atoms with Gasteiger partial charge in [-0.2, -0.15) is 0 Å². The van der Waals surface area contributed by atoms with Crippen molar-refractivity contribution in [3.63, 3.8) is 0 Å². The maximum atomic E-state index is 13.2. The molecule has 0 unspecified atom stereocenters. The van der Waals surface area contributed by atoms with Crippen LogP contribution in [0.2, 0.25) is 0 Å². The van der Waals surface area contributed by atoms with Crippen molar-refractivity contribution in [2.24, 2.45) is 14.1 Å². The first-order valence-electron chi connectivity index (χ1n) is 9.59. The highest BCUT2D eigenvalue weighted by molar-refractivity contribution is 6.08. The summed E-state index contributed by atoms with van der Waals surface area (Å²) in [6, 6.07) is 5.39.